The van der Waals surface area contributed by atoms with Gasteiger partial charge in [-0.3, -0.25) is 9.79 Å². The molecule has 0 amide bonds. The number of esters is 1. The lowest BCUT2D eigenvalue weighted by Crippen LogP contribution is -2.03. The predicted octanol–water partition coefficient (Wildman–Crippen LogP) is 2.45. The number of benzene rings is 1. The number of carbonyl (C=O) groups excluding carboxylic acids is 1. The third-order valence-corrected chi connectivity index (χ3v) is 2.01. The quantitative estimate of drug-likeness (QED) is 0.419. The van der Waals surface area contributed by atoms with Crippen molar-refractivity contribution in [3.8, 4) is 0 Å². The van der Waals surface area contributed by atoms with Crippen molar-refractivity contribution in [3.05, 3.63) is 35.9 Å². The van der Waals surface area contributed by atoms with E-state index in [1.165, 1.54) is 0 Å². The lowest BCUT2D eigenvalue weighted by Gasteiger charge is -1.99. The molecule has 0 radical (unpaired) electrons. The largest absolute Gasteiger partial charge is 0.466 e. The molecule has 1 aromatic carbocycles. The second kappa shape index (κ2) is 7.63. The van der Waals surface area contributed by atoms with E-state index >= 15 is 0 Å². The molecule has 0 aliphatic carbocycles. The predicted molar refractivity (Wildman–Crippen MR) is 64.8 cm³/mol. The SMILES string of the molecule is CCOC(=O)CCCN=Cc1ccccc1. The Morgan fingerprint density at radius 1 is 1.38 bits per heavy atom. The molecule has 0 saturated carbocycles. The second-order valence-electron chi connectivity index (χ2n) is 3.35. The molecule has 0 bridgehead atoms. The molecule has 3 nitrogen and oxygen atoms in total. The molecule has 0 atom stereocenters. The summed E-state index contributed by atoms with van der Waals surface area (Å²) in [5.74, 6) is -0.141. The first-order chi connectivity index (χ1) is 7.83. The highest BCUT2D eigenvalue weighted by Crippen LogP contribution is 1.96. The number of aliphatic imine (C=N–C) groups is 1. The molecule has 3 heteroatoms. The Kier molecular flexibility index (Phi) is 5.92. The van der Waals surface area contributed by atoms with Crippen LogP contribution in [0.4, 0.5) is 0 Å². The first-order valence-electron chi connectivity index (χ1n) is 5.53. The topological polar surface area (TPSA) is 38.7 Å². The lowest BCUT2D eigenvalue weighted by molar-refractivity contribution is -0.143. The standard InChI is InChI=1S/C13H17NO2/c1-2-16-13(15)9-6-10-14-11-12-7-4-3-5-8-12/h3-5,7-8,11H,2,6,9-10H2,1H3. The zero-order valence-electron chi connectivity index (χ0n) is 9.56. The van der Waals surface area contributed by atoms with Crippen LogP contribution in [0.15, 0.2) is 35.3 Å². The molecule has 0 saturated heterocycles. The van der Waals surface area contributed by atoms with Gasteiger partial charge in [0.2, 0.25) is 0 Å². The van der Waals surface area contributed by atoms with Gasteiger partial charge in [0.05, 0.1) is 6.61 Å². The Hall–Kier alpha value is -1.64. The Morgan fingerprint density at radius 3 is 2.81 bits per heavy atom. The molecule has 86 valence electrons. The maximum absolute atomic E-state index is 11.0. The van der Waals surface area contributed by atoms with Crippen molar-refractivity contribution < 1.29 is 9.53 Å². The summed E-state index contributed by atoms with van der Waals surface area (Å²) in [4.78, 5) is 15.2. The van der Waals surface area contributed by atoms with Crippen LogP contribution in [0.3, 0.4) is 0 Å². The molecule has 0 fully saturated rings. The smallest absolute Gasteiger partial charge is 0.305 e. The van der Waals surface area contributed by atoms with Gasteiger partial charge in [-0.1, -0.05) is 30.3 Å². The molecular formula is C13H17NO2. The zero-order chi connectivity index (χ0) is 11.6. The van der Waals surface area contributed by atoms with Gasteiger partial charge in [0.1, 0.15) is 0 Å². The summed E-state index contributed by atoms with van der Waals surface area (Å²) in [7, 11) is 0. The molecule has 1 aromatic rings. The molecule has 1 rings (SSSR count). The number of rotatable bonds is 6. The summed E-state index contributed by atoms with van der Waals surface area (Å²) < 4.78 is 4.82. The Balaban J connectivity index is 2.16. The van der Waals surface area contributed by atoms with Gasteiger partial charge in [-0.15, -0.1) is 0 Å². The van der Waals surface area contributed by atoms with Crippen molar-refractivity contribution in [3.63, 3.8) is 0 Å². The molecule has 16 heavy (non-hydrogen) atoms. The number of ether oxygens (including phenoxy) is 1. The highest BCUT2D eigenvalue weighted by Gasteiger charge is 1.99. The Bertz CT molecular complexity index is 333. The summed E-state index contributed by atoms with van der Waals surface area (Å²) in [6, 6.07) is 9.90. The van der Waals surface area contributed by atoms with Crippen LogP contribution in [-0.4, -0.2) is 25.3 Å². The third kappa shape index (κ3) is 5.29. The molecule has 0 spiro atoms. The van der Waals surface area contributed by atoms with Crippen LogP contribution in [-0.2, 0) is 9.53 Å². The minimum atomic E-state index is -0.141. The van der Waals surface area contributed by atoms with E-state index in [1.54, 1.807) is 0 Å². The van der Waals surface area contributed by atoms with Crippen LogP contribution < -0.4 is 0 Å². The molecular weight excluding hydrogens is 202 g/mol. The van der Waals surface area contributed by atoms with Gasteiger partial charge < -0.3 is 4.74 Å². The first kappa shape index (κ1) is 12.4. The zero-order valence-corrected chi connectivity index (χ0v) is 9.56. The summed E-state index contributed by atoms with van der Waals surface area (Å²) in [5.41, 5.74) is 1.08. The van der Waals surface area contributed by atoms with Crippen molar-refractivity contribution in [1.29, 1.82) is 0 Å². The fourth-order valence-corrected chi connectivity index (χ4v) is 1.26. The molecule has 0 heterocycles. The van der Waals surface area contributed by atoms with Gasteiger partial charge in [-0.05, 0) is 18.9 Å². The van der Waals surface area contributed by atoms with Crippen molar-refractivity contribution in [2.45, 2.75) is 19.8 Å². The average Bonchev–Trinajstić information content (AvgIpc) is 2.30. The summed E-state index contributed by atoms with van der Waals surface area (Å²) in [5, 5.41) is 0. The van der Waals surface area contributed by atoms with Gasteiger partial charge in [0.15, 0.2) is 0 Å². The van der Waals surface area contributed by atoms with E-state index < -0.39 is 0 Å². The molecule has 0 aromatic heterocycles. The second-order valence-corrected chi connectivity index (χ2v) is 3.35. The van der Waals surface area contributed by atoms with Crippen LogP contribution in [0.1, 0.15) is 25.3 Å². The summed E-state index contributed by atoms with van der Waals surface area (Å²) in [6.07, 6.45) is 3.01. The monoisotopic (exact) mass is 219 g/mol. The van der Waals surface area contributed by atoms with Gasteiger partial charge in [0.25, 0.3) is 0 Å². The fourth-order valence-electron chi connectivity index (χ4n) is 1.26. The average molecular weight is 219 g/mol. The lowest BCUT2D eigenvalue weighted by atomic mass is 10.2. The number of hydrogen-bond acceptors (Lipinski definition) is 3. The summed E-state index contributed by atoms with van der Waals surface area (Å²) >= 11 is 0. The van der Waals surface area contributed by atoms with Crippen LogP contribution in [0, 0.1) is 0 Å². The van der Waals surface area contributed by atoms with Gasteiger partial charge in [-0.2, -0.15) is 0 Å². The van der Waals surface area contributed by atoms with Crippen LogP contribution in [0.5, 0.6) is 0 Å². The van der Waals surface area contributed by atoms with Crippen LogP contribution in [0.25, 0.3) is 0 Å². The third-order valence-electron chi connectivity index (χ3n) is 2.01. The first-order valence-corrected chi connectivity index (χ1v) is 5.53. The molecule has 0 aliphatic heterocycles. The number of carbonyl (C=O) groups is 1. The number of nitrogens with zero attached hydrogens (tertiary/aromatic N) is 1. The highest BCUT2D eigenvalue weighted by atomic mass is 16.5. The van der Waals surface area contributed by atoms with Crippen LogP contribution >= 0.6 is 0 Å². The van der Waals surface area contributed by atoms with Crippen molar-refractivity contribution >= 4 is 12.2 Å². The van der Waals surface area contributed by atoms with Crippen molar-refractivity contribution in [1.82, 2.24) is 0 Å². The van der Waals surface area contributed by atoms with Crippen molar-refractivity contribution in [2.75, 3.05) is 13.2 Å². The highest BCUT2D eigenvalue weighted by molar-refractivity contribution is 5.79. The van der Waals surface area contributed by atoms with E-state index in [4.69, 9.17) is 4.74 Å². The van der Waals surface area contributed by atoms with Gasteiger partial charge in [0, 0.05) is 19.2 Å². The number of hydrogen-bond donors (Lipinski definition) is 0. The molecule has 0 N–H and O–H groups in total. The minimum Gasteiger partial charge on any atom is -0.466 e. The van der Waals surface area contributed by atoms with E-state index in [2.05, 4.69) is 4.99 Å². The molecule has 0 unspecified atom stereocenters. The van der Waals surface area contributed by atoms with E-state index in [-0.39, 0.29) is 5.97 Å². The van der Waals surface area contributed by atoms with Gasteiger partial charge >= 0.3 is 5.97 Å². The normalized spacial score (nSPS) is 10.6. The van der Waals surface area contributed by atoms with E-state index in [9.17, 15) is 4.79 Å². The molecule has 0 aliphatic rings. The van der Waals surface area contributed by atoms with Gasteiger partial charge in [-0.25, -0.2) is 0 Å². The summed E-state index contributed by atoms with van der Waals surface area (Å²) in [6.45, 7) is 2.92. The van der Waals surface area contributed by atoms with Crippen LogP contribution in [0.2, 0.25) is 0 Å². The maximum atomic E-state index is 11.0. The maximum Gasteiger partial charge on any atom is 0.305 e. The minimum absolute atomic E-state index is 0.141. The Labute approximate surface area is 96.2 Å². The van der Waals surface area contributed by atoms with E-state index in [1.807, 2.05) is 43.5 Å². The van der Waals surface area contributed by atoms with Crippen molar-refractivity contribution in [2.24, 2.45) is 4.99 Å². The fraction of sp³-hybridized carbons (Fsp3) is 0.385. The van der Waals surface area contributed by atoms with E-state index in [0.717, 1.165) is 12.0 Å². The Morgan fingerprint density at radius 2 is 2.12 bits per heavy atom. The van der Waals surface area contributed by atoms with E-state index in [0.29, 0.717) is 19.6 Å².